The van der Waals surface area contributed by atoms with E-state index in [0.717, 1.165) is 53.5 Å². The van der Waals surface area contributed by atoms with Crippen LogP contribution in [-0.4, -0.2) is 65.1 Å². The molecule has 1 saturated heterocycles. The van der Waals surface area contributed by atoms with Crippen LogP contribution in [0.3, 0.4) is 0 Å². The molecular weight excluding hydrogens is 526 g/mol. The third-order valence-electron chi connectivity index (χ3n) is 7.88. The SMILES string of the molecule is CCC/C=C(\C1=C(NC2CCOCC2)CCN(C(=O)NC)C1)c1cncc2cc(-c3cnn(C)c3)c(C(F)F)cc12. The number of carbonyl (C=O) groups is 1. The average molecular weight is 565 g/mol. The Balaban J connectivity index is 1.67. The predicted molar refractivity (Wildman–Crippen MR) is 156 cm³/mol. The highest BCUT2D eigenvalue weighted by Gasteiger charge is 2.28. The van der Waals surface area contributed by atoms with Crippen molar-refractivity contribution in [3.63, 3.8) is 0 Å². The van der Waals surface area contributed by atoms with Crippen molar-refractivity contribution in [2.45, 2.75) is 51.5 Å². The van der Waals surface area contributed by atoms with E-state index in [0.29, 0.717) is 49.2 Å². The quantitative estimate of drug-likeness (QED) is 0.360. The predicted octanol–water partition coefficient (Wildman–Crippen LogP) is 5.82. The van der Waals surface area contributed by atoms with Gasteiger partial charge in [0.15, 0.2) is 0 Å². The molecule has 8 nitrogen and oxygen atoms in total. The summed E-state index contributed by atoms with van der Waals surface area (Å²) in [5.41, 5.74) is 4.86. The second kappa shape index (κ2) is 12.8. The van der Waals surface area contributed by atoms with Gasteiger partial charge in [0, 0.05) is 99.2 Å². The smallest absolute Gasteiger partial charge is 0.317 e. The van der Waals surface area contributed by atoms with Crippen LogP contribution < -0.4 is 10.6 Å². The van der Waals surface area contributed by atoms with Crippen LogP contribution in [0.5, 0.6) is 0 Å². The molecule has 2 amide bonds. The lowest BCUT2D eigenvalue weighted by Crippen LogP contribution is -2.45. The van der Waals surface area contributed by atoms with Gasteiger partial charge in [0.05, 0.1) is 6.20 Å². The van der Waals surface area contributed by atoms with Crippen molar-refractivity contribution in [1.82, 2.24) is 30.3 Å². The summed E-state index contributed by atoms with van der Waals surface area (Å²) in [6, 6.07) is 3.53. The Morgan fingerprint density at radius 1 is 1.22 bits per heavy atom. The van der Waals surface area contributed by atoms with Gasteiger partial charge in [-0.05, 0) is 53.5 Å². The Morgan fingerprint density at radius 3 is 2.71 bits per heavy atom. The van der Waals surface area contributed by atoms with Gasteiger partial charge < -0.3 is 20.3 Å². The van der Waals surface area contributed by atoms with E-state index in [1.54, 1.807) is 60.6 Å². The highest BCUT2D eigenvalue weighted by molar-refractivity contribution is 6.00. The Hall–Kier alpha value is -3.79. The van der Waals surface area contributed by atoms with Crippen LogP contribution in [0.25, 0.3) is 27.5 Å². The molecule has 0 unspecified atom stereocenters. The summed E-state index contributed by atoms with van der Waals surface area (Å²) in [4.78, 5) is 19.1. The first kappa shape index (κ1) is 28.7. The molecule has 218 valence electrons. The minimum atomic E-state index is -2.66. The number of carbonyl (C=O) groups excluding carboxylic acids is 1. The molecule has 1 fully saturated rings. The van der Waals surface area contributed by atoms with E-state index in [4.69, 9.17) is 4.74 Å². The van der Waals surface area contributed by atoms with E-state index in [-0.39, 0.29) is 17.6 Å². The minimum Gasteiger partial charge on any atom is -0.385 e. The summed E-state index contributed by atoms with van der Waals surface area (Å²) in [6.07, 6.45) is 10.6. The molecule has 0 aliphatic carbocycles. The number of aryl methyl sites for hydroxylation is 1. The number of alkyl halides is 2. The Morgan fingerprint density at radius 2 is 2.02 bits per heavy atom. The van der Waals surface area contributed by atoms with E-state index < -0.39 is 6.43 Å². The van der Waals surface area contributed by atoms with Crippen LogP contribution in [0.4, 0.5) is 13.6 Å². The van der Waals surface area contributed by atoms with Crippen molar-refractivity contribution in [2.75, 3.05) is 33.4 Å². The van der Waals surface area contributed by atoms with Crippen LogP contribution in [-0.2, 0) is 11.8 Å². The largest absolute Gasteiger partial charge is 0.385 e. The normalized spacial score (nSPS) is 17.0. The molecule has 0 saturated carbocycles. The number of benzene rings is 1. The summed E-state index contributed by atoms with van der Waals surface area (Å²) in [7, 11) is 3.40. The maximum absolute atomic E-state index is 14.5. The summed E-state index contributed by atoms with van der Waals surface area (Å²) >= 11 is 0. The summed E-state index contributed by atoms with van der Waals surface area (Å²) in [5.74, 6) is 0. The van der Waals surface area contributed by atoms with Gasteiger partial charge in [0.1, 0.15) is 0 Å². The van der Waals surface area contributed by atoms with Gasteiger partial charge in [-0.3, -0.25) is 9.67 Å². The third-order valence-corrected chi connectivity index (χ3v) is 7.88. The maximum Gasteiger partial charge on any atom is 0.317 e. The van der Waals surface area contributed by atoms with Gasteiger partial charge in [0.25, 0.3) is 6.43 Å². The fourth-order valence-corrected chi connectivity index (χ4v) is 5.71. The van der Waals surface area contributed by atoms with Crippen molar-refractivity contribution in [2.24, 2.45) is 7.05 Å². The average Bonchev–Trinajstić information content (AvgIpc) is 3.43. The zero-order chi connectivity index (χ0) is 28.9. The lowest BCUT2D eigenvalue weighted by atomic mass is 9.88. The maximum atomic E-state index is 14.5. The Labute approximate surface area is 239 Å². The second-order valence-corrected chi connectivity index (χ2v) is 10.7. The molecule has 0 bridgehead atoms. The number of amides is 2. The van der Waals surface area contributed by atoms with E-state index in [1.165, 1.54) is 0 Å². The van der Waals surface area contributed by atoms with Crippen LogP contribution >= 0.6 is 0 Å². The lowest BCUT2D eigenvalue weighted by Gasteiger charge is -2.35. The highest BCUT2D eigenvalue weighted by atomic mass is 19.3. The van der Waals surface area contributed by atoms with Gasteiger partial charge in [-0.25, -0.2) is 13.6 Å². The molecule has 4 heterocycles. The van der Waals surface area contributed by atoms with Gasteiger partial charge in [-0.15, -0.1) is 0 Å². The number of rotatable bonds is 8. The summed E-state index contributed by atoms with van der Waals surface area (Å²) in [6.45, 7) is 4.54. The molecule has 41 heavy (non-hydrogen) atoms. The number of urea groups is 1. The number of aromatic nitrogens is 3. The minimum absolute atomic E-state index is 0.0436. The van der Waals surface area contributed by atoms with E-state index >= 15 is 0 Å². The molecule has 10 heteroatoms. The number of ether oxygens (including phenoxy) is 1. The first-order valence-corrected chi connectivity index (χ1v) is 14.3. The highest BCUT2D eigenvalue weighted by Crippen LogP contribution is 2.39. The van der Waals surface area contributed by atoms with Crippen molar-refractivity contribution in [3.05, 3.63) is 65.4 Å². The van der Waals surface area contributed by atoms with Crippen molar-refractivity contribution in [1.29, 1.82) is 0 Å². The topological polar surface area (TPSA) is 84.3 Å². The summed E-state index contributed by atoms with van der Waals surface area (Å²) < 4.78 is 36.2. The van der Waals surface area contributed by atoms with Crippen LogP contribution in [0.2, 0.25) is 0 Å². The second-order valence-electron chi connectivity index (χ2n) is 10.7. The van der Waals surface area contributed by atoms with Crippen molar-refractivity contribution < 1.29 is 18.3 Å². The molecule has 2 aliphatic heterocycles. The molecular formula is C31H38F2N6O2. The third kappa shape index (κ3) is 6.27. The molecule has 0 spiro atoms. The number of halogens is 2. The lowest BCUT2D eigenvalue weighted by molar-refractivity contribution is 0.0798. The van der Waals surface area contributed by atoms with Gasteiger partial charge in [0.2, 0.25) is 0 Å². The van der Waals surface area contributed by atoms with E-state index in [1.807, 2.05) is 0 Å². The molecule has 1 aromatic carbocycles. The number of unbranched alkanes of at least 4 members (excludes halogenated alkanes) is 1. The van der Waals surface area contributed by atoms with Gasteiger partial charge >= 0.3 is 6.03 Å². The number of hydrogen-bond acceptors (Lipinski definition) is 5. The van der Waals surface area contributed by atoms with E-state index in [2.05, 4.69) is 33.7 Å². The molecule has 2 aliphatic rings. The zero-order valence-corrected chi connectivity index (χ0v) is 23.9. The number of nitrogens with zero attached hydrogens (tertiary/aromatic N) is 4. The Kier molecular flexibility index (Phi) is 8.97. The van der Waals surface area contributed by atoms with Crippen molar-refractivity contribution in [3.8, 4) is 11.1 Å². The van der Waals surface area contributed by atoms with Crippen LogP contribution in [0.15, 0.2) is 54.3 Å². The van der Waals surface area contributed by atoms with Gasteiger partial charge in [-0.1, -0.05) is 19.4 Å². The van der Waals surface area contributed by atoms with E-state index in [9.17, 15) is 13.6 Å². The van der Waals surface area contributed by atoms with Crippen LogP contribution in [0, 0.1) is 0 Å². The molecule has 3 aromatic rings. The first-order chi connectivity index (χ1) is 19.9. The fourth-order valence-electron chi connectivity index (χ4n) is 5.71. The number of pyridine rings is 1. The standard InChI is InChI=1S/C31H38F2N6O2/c1-4-5-6-23(28-19-39(31(40)34-2)10-7-29(28)37-22-8-11-41-12-9-22)27-17-35-15-20-13-24(21-16-36-38(3)18-21)26(30(32)33)14-25(20)27/h6,13-18,22,30,37H,4-5,7-12,19H2,1-3H3,(H,34,40)/b23-6-. The molecule has 5 rings (SSSR count). The summed E-state index contributed by atoms with van der Waals surface area (Å²) in [5, 5.41) is 12.2. The zero-order valence-electron chi connectivity index (χ0n) is 23.9. The Bertz CT molecular complexity index is 1460. The number of hydrogen-bond donors (Lipinski definition) is 2. The monoisotopic (exact) mass is 564 g/mol. The molecule has 2 N–H and O–H groups in total. The first-order valence-electron chi connectivity index (χ1n) is 14.3. The van der Waals surface area contributed by atoms with Gasteiger partial charge in [-0.2, -0.15) is 5.10 Å². The number of allylic oxidation sites excluding steroid dienone is 1. The van der Waals surface area contributed by atoms with Crippen molar-refractivity contribution >= 4 is 22.4 Å². The molecule has 2 aromatic heterocycles. The fraction of sp³-hybridized carbons (Fsp3) is 0.452. The number of nitrogens with one attached hydrogen (secondary N) is 2. The molecule has 0 radical (unpaired) electrons. The molecule has 0 atom stereocenters. The van der Waals surface area contributed by atoms with Crippen LogP contribution in [0.1, 0.15) is 56.6 Å². The number of fused-ring (bicyclic) bond motifs is 1.